The van der Waals surface area contributed by atoms with Gasteiger partial charge in [-0.3, -0.25) is 4.79 Å². The van der Waals surface area contributed by atoms with Crippen molar-refractivity contribution in [2.24, 2.45) is 0 Å². The lowest BCUT2D eigenvalue weighted by molar-refractivity contribution is -0.122. The summed E-state index contributed by atoms with van der Waals surface area (Å²) in [6, 6.07) is 11.8. The average molecular weight is 388 g/mol. The first-order valence-electron chi connectivity index (χ1n) is 9.66. The molecule has 1 N–H and O–H groups in total. The van der Waals surface area contributed by atoms with E-state index < -0.39 is 0 Å². The minimum absolute atomic E-state index is 0.0855. The van der Waals surface area contributed by atoms with Crippen molar-refractivity contribution in [3.05, 3.63) is 71.2 Å². The van der Waals surface area contributed by atoms with Gasteiger partial charge >= 0.3 is 0 Å². The third-order valence-corrected chi connectivity index (χ3v) is 5.16. The van der Waals surface area contributed by atoms with Crippen LogP contribution in [0.2, 0.25) is 0 Å². The predicted molar refractivity (Wildman–Crippen MR) is 112 cm³/mol. The summed E-state index contributed by atoms with van der Waals surface area (Å²) >= 11 is 0. The van der Waals surface area contributed by atoms with E-state index in [1.165, 1.54) is 11.1 Å². The number of furan rings is 1. The maximum atomic E-state index is 12.7. The average Bonchev–Trinajstić information content (AvgIpc) is 3.30. The van der Waals surface area contributed by atoms with Gasteiger partial charge in [0.1, 0.15) is 12.3 Å². The van der Waals surface area contributed by atoms with Crippen LogP contribution in [-0.4, -0.2) is 20.7 Å². The highest BCUT2D eigenvalue weighted by Crippen LogP contribution is 2.30. The van der Waals surface area contributed by atoms with Crippen molar-refractivity contribution in [3.8, 4) is 11.3 Å². The number of amides is 1. The molecule has 3 heterocycles. The molecule has 0 fully saturated rings. The van der Waals surface area contributed by atoms with E-state index in [1.54, 1.807) is 17.1 Å². The fraction of sp³-hybridized carbons (Fsp3) is 0.261. The third kappa shape index (κ3) is 3.66. The Hall–Kier alpha value is -3.41. The van der Waals surface area contributed by atoms with E-state index in [0.717, 1.165) is 28.0 Å². The van der Waals surface area contributed by atoms with Gasteiger partial charge in [-0.1, -0.05) is 23.8 Å². The lowest BCUT2D eigenvalue weighted by Crippen LogP contribution is -2.30. The maximum Gasteiger partial charge on any atom is 0.242 e. The zero-order chi connectivity index (χ0) is 20.5. The number of hydrogen-bond acceptors (Lipinski definition) is 4. The highest BCUT2D eigenvalue weighted by molar-refractivity contribution is 5.93. The highest BCUT2D eigenvalue weighted by Gasteiger charge is 2.18. The minimum Gasteiger partial charge on any atom is -0.464 e. The summed E-state index contributed by atoms with van der Waals surface area (Å²) in [7, 11) is 0. The predicted octanol–water partition coefficient (Wildman–Crippen LogP) is 4.49. The van der Waals surface area contributed by atoms with Gasteiger partial charge in [0.05, 0.1) is 23.4 Å². The number of carbonyl (C=O) groups excluding carboxylic acids is 1. The maximum absolute atomic E-state index is 12.7. The van der Waals surface area contributed by atoms with E-state index in [2.05, 4.69) is 47.4 Å². The molecule has 4 rings (SSSR count). The molecule has 0 radical (unpaired) electrons. The first-order valence-corrected chi connectivity index (χ1v) is 9.66. The van der Waals surface area contributed by atoms with Crippen molar-refractivity contribution in [1.82, 2.24) is 20.1 Å². The molecule has 3 aromatic heterocycles. The molecule has 1 aromatic carbocycles. The summed E-state index contributed by atoms with van der Waals surface area (Å²) in [6.45, 7) is 8.15. The van der Waals surface area contributed by atoms with Crippen LogP contribution in [0.4, 0.5) is 0 Å². The number of aryl methyl sites for hydroxylation is 3. The zero-order valence-electron chi connectivity index (χ0n) is 17.1. The molecule has 0 spiro atoms. The Morgan fingerprint density at radius 3 is 2.76 bits per heavy atom. The molecule has 6 nitrogen and oxygen atoms in total. The van der Waals surface area contributed by atoms with Crippen LogP contribution >= 0.6 is 0 Å². The largest absolute Gasteiger partial charge is 0.464 e. The van der Waals surface area contributed by atoms with Crippen LogP contribution in [-0.2, 0) is 11.3 Å². The molecule has 6 heteroatoms. The van der Waals surface area contributed by atoms with Gasteiger partial charge in [-0.2, -0.15) is 5.10 Å². The van der Waals surface area contributed by atoms with Crippen LogP contribution < -0.4 is 5.32 Å². The van der Waals surface area contributed by atoms with E-state index in [1.807, 2.05) is 32.0 Å². The number of rotatable bonds is 5. The van der Waals surface area contributed by atoms with Crippen LogP contribution in [0.1, 0.15) is 35.3 Å². The molecule has 0 aliphatic heterocycles. The van der Waals surface area contributed by atoms with Gasteiger partial charge in [0.25, 0.3) is 0 Å². The second-order valence-electron chi connectivity index (χ2n) is 7.43. The molecule has 148 valence electrons. The van der Waals surface area contributed by atoms with Gasteiger partial charge in [0, 0.05) is 11.8 Å². The van der Waals surface area contributed by atoms with Crippen molar-refractivity contribution >= 4 is 16.9 Å². The highest BCUT2D eigenvalue weighted by atomic mass is 16.3. The Morgan fingerprint density at radius 1 is 1.21 bits per heavy atom. The molecule has 0 saturated heterocycles. The second-order valence-corrected chi connectivity index (χ2v) is 7.43. The molecule has 1 unspecified atom stereocenters. The number of nitrogens with one attached hydrogen (secondary N) is 1. The Balaban J connectivity index is 1.58. The topological polar surface area (TPSA) is 73.0 Å². The first-order chi connectivity index (χ1) is 13.9. The zero-order valence-corrected chi connectivity index (χ0v) is 17.1. The summed E-state index contributed by atoms with van der Waals surface area (Å²) in [5.41, 5.74) is 5.90. The van der Waals surface area contributed by atoms with E-state index in [4.69, 9.17) is 4.42 Å². The fourth-order valence-electron chi connectivity index (χ4n) is 3.84. The summed E-state index contributed by atoms with van der Waals surface area (Å²) < 4.78 is 7.20. The Kier molecular flexibility index (Phi) is 4.92. The summed E-state index contributed by atoms with van der Waals surface area (Å²) in [4.78, 5) is 17.2. The monoisotopic (exact) mass is 388 g/mol. The van der Waals surface area contributed by atoms with Crippen molar-refractivity contribution in [1.29, 1.82) is 0 Å². The molecular formula is C23H24N4O2. The van der Waals surface area contributed by atoms with Gasteiger partial charge in [-0.15, -0.1) is 0 Å². The summed E-state index contributed by atoms with van der Waals surface area (Å²) in [5.74, 6) is 0.653. The molecule has 29 heavy (non-hydrogen) atoms. The molecular weight excluding hydrogens is 364 g/mol. The summed E-state index contributed by atoms with van der Waals surface area (Å²) in [5, 5.41) is 8.54. The number of fused-ring (bicyclic) bond motifs is 1. The number of carbonyl (C=O) groups is 1. The molecule has 0 aliphatic carbocycles. The van der Waals surface area contributed by atoms with Gasteiger partial charge in [-0.25, -0.2) is 9.67 Å². The Bertz CT molecular complexity index is 1180. The van der Waals surface area contributed by atoms with Crippen LogP contribution in [0.5, 0.6) is 0 Å². The molecule has 1 atom stereocenters. The van der Waals surface area contributed by atoms with E-state index >= 15 is 0 Å². The summed E-state index contributed by atoms with van der Waals surface area (Å²) in [6.07, 6.45) is 3.36. The number of pyridine rings is 1. The second kappa shape index (κ2) is 7.54. The van der Waals surface area contributed by atoms with E-state index in [-0.39, 0.29) is 18.5 Å². The fourth-order valence-corrected chi connectivity index (χ4v) is 3.84. The quantitative estimate of drug-likeness (QED) is 0.547. The van der Waals surface area contributed by atoms with Gasteiger partial charge in [-0.05, 0) is 57.0 Å². The van der Waals surface area contributed by atoms with Crippen molar-refractivity contribution in [2.45, 2.75) is 40.3 Å². The number of benzene rings is 1. The Labute approximate surface area is 169 Å². The van der Waals surface area contributed by atoms with Crippen molar-refractivity contribution in [3.63, 3.8) is 0 Å². The van der Waals surface area contributed by atoms with Crippen molar-refractivity contribution in [2.75, 3.05) is 0 Å². The van der Waals surface area contributed by atoms with Crippen LogP contribution in [0.15, 0.2) is 53.3 Å². The van der Waals surface area contributed by atoms with E-state index in [0.29, 0.717) is 5.65 Å². The first kappa shape index (κ1) is 18.9. The van der Waals surface area contributed by atoms with Crippen LogP contribution in [0, 0.1) is 20.8 Å². The van der Waals surface area contributed by atoms with Crippen LogP contribution in [0.3, 0.4) is 0 Å². The minimum atomic E-state index is -0.105. The molecule has 1 amide bonds. The third-order valence-electron chi connectivity index (χ3n) is 5.16. The Morgan fingerprint density at radius 2 is 2.03 bits per heavy atom. The lowest BCUT2D eigenvalue weighted by atomic mass is 10.0. The molecule has 4 aromatic rings. The normalized spacial score (nSPS) is 12.3. The standard InChI is InChI=1S/C23H24N4O2/c1-14-7-8-18(15(2)12-14)16(3)25-21(28)13-27-23-22(17(4)26-27)19(9-10-24-23)20-6-5-11-29-20/h5-12,16H,13H2,1-4H3,(H,25,28). The van der Waals surface area contributed by atoms with Gasteiger partial charge in [0.2, 0.25) is 5.91 Å². The number of hydrogen-bond donors (Lipinski definition) is 1. The van der Waals surface area contributed by atoms with Gasteiger partial charge in [0.15, 0.2) is 5.65 Å². The SMILES string of the molecule is Cc1ccc(C(C)NC(=O)Cn2nc(C)c3c(-c4ccco4)ccnc32)c(C)c1. The molecule has 0 saturated carbocycles. The lowest BCUT2D eigenvalue weighted by Gasteiger charge is -2.17. The van der Waals surface area contributed by atoms with E-state index in [9.17, 15) is 4.79 Å². The molecule has 0 aliphatic rings. The smallest absolute Gasteiger partial charge is 0.242 e. The number of aromatic nitrogens is 3. The number of nitrogens with zero attached hydrogens (tertiary/aromatic N) is 3. The van der Waals surface area contributed by atoms with Crippen LogP contribution in [0.25, 0.3) is 22.4 Å². The van der Waals surface area contributed by atoms with Crippen molar-refractivity contribution < 1.29 is 9.21 Å². The molecule has 0 bridgehead atoms. The van der Waals surface area contributed by atoms with Gasteiger partial charge < -0.3 is 9.73 Å².